The van der Waals surface area contributed by atoms with E-state index in [-0.39, 0.29) is 64.4 Å². The summed E-state index contributed by atoms with van der Waals surface area (Å²) in [4.78, 5) is 0. The maximum absolute atomic E-state index is 9.97. The number of aliphatic hydroxyl groups excluding tert-OH is 7. The summed E-state index contributed by atoms with van der Waals surface area (Å²) in [6.07, 6.45) is 23.5. The van der Waals surface area contributed by atoms with Gasteiger partial charge in [-0.1, -0.05) is 220 Å². The van der Waals surface area contributed by atoms with E-state index in [9.17, 15) is 35.7 Å². The SMILES string of the molecule is CC1CC(O)CC(C(C)(C)C)C1.CC1CC(O)CCC1C(C)(C)C.CC1CCC(C(C)(C)C)C(O)C1.CC1CCC(O)C(C(C)(C)C)C1.CC1CCC(O)CC1C(C)(C)C.CC1CCCC(C(C)(C)C)C1O.CC1CCCC(O)C1C(C)(C)C. The summed E-state index contributed by atoms with van der Waals surface area (Å²) < 4.78 is 0. The summed E-state index contributed by atoms with van der Waals surface area (Å²) in [7, 11) is 0. The van der Waals surface area contributed by atoms with Gasteiger partial charge in [0.15, 0.2) is 0 Å². The molecule has 7 aliphatic carbocycles. The van der Waals surface area contributed by atoms with Crippen LogP contribution in [0.2, 0.25) is 0 Å². The van der Waals surface area contributed by atoms with E-state index in [1.54, 1.807) is 0 Å². The first-order valence-electron chi connectivity index (χ1n) is 35.7. The molecule has 0 heterocycles. The smallest absolute Gasteiger partial charge is 0.0598 e. The van der Waals surface area contributed by atoms with Crippen LogP contribution in [0.3, 0.4) is 0 Å². The van der Waals surface area contributed by atoms with Gasteiger partial charge in [0.25, 0.3) is 0 Å². The van der Waals surface area contributed by atoms with Crippen LogP contribution >= 0.6 is 0 Å². The molecular formula is C77H154O7. The normalized spacial score (nSPS) is 38.2. The summed E-state index contributed by atoms with van der Waals surface area (Å²) in [6.45, 7) is 63.3. The molecule has 0 aromatic carbocycles. The van der Waals surface area contributed by atoms with Gasteiger partial charge in [-0.2, -0.15) is 0 Å². The first kappa shape index (κ1) is 81.7. The van der Waals surface area contributed by atoms with Crippen LogP contribution < -0.4 is 0 Å². The molecule has 7 fully saturated rings. The van der Waals surface area contributed by atoms with Crippen molar-refractivity contribution in [3.63, 3.8) is 0 Å². The fourth-order valence-corrected chi connectivity index (χ4v) is 17.3. The van der Waals surface area contributed by atoms with Gasteiger partial charge in [0.1, 0.15) is 0 Å². The molecule has 0 aromatic heterocycles. The van der Waals surface area contributed by atoms with E-state index in [2.05, 4.69) is 194 Å². The Morgan fingerprint density at radius 2 is 0.690 bits per heavy atom. The molecule has 0 radical (unpaired) electrons. The van der Waals surface area contributed by atoms with Crippen molar-refractivity contribution in [3.8, 4) is 0 Å². The molecule has 0 spiro atoms. The molecule has 21 atom stereocenters. The first-order valence-corrected chi connectivity index (χ1v) is 35.7. The largest absolute Gasteiger partial charge is 0.393 e. The minimum atomic E-state index is -0.0706. The minimum Gasteiger partial charge on any atom is -0.393 e. The summed E-state index contributed by atoms with van der Waals surface area (Å²) in [5, 5.41) is 68.2. The third-order valence-electron chi connectivity index (χ3n) is 22.5. The van der Waals surface area contributed by atoms with E-state index in [0.717, 1.165) is 81.5 Å². The highest BCUT2D eigenvalue weighted by Gasteiger charge is 2.41. The summed E-state index contributed by atoms with van der Waals surface area (Å²) in [6, 6.07) is 0. The monoisotopic (exact) mass is 1190 g/mol. The van der Waals surface area contributed by atoms with Crippen molar-refractivity contribution in [2.45, 2.75) is 371 Å². The van der Waals surface area contributed by atoms with E-state index in [0.29, 0.717) is 75.4 Å². The summed E-state index contributed by atoms with van der Waals surface area (Å²) >= 11 is 0. The fourth-order valence-electron chi connectivity index (χ4n) is 17.3. The van der Waals surface area contributed by atoms with Crippen LogP contribution in [-0.2, 0) is 0 Å². The molecule has 0 saturated heterocycles. The number of hydrogen-bond acceptors (Lipinski definition) is 7. The number of hydrogen-bond donors (Lipinski definition) is 7. The van der Waals surface area contributed by atoms with E-state index >= 15 is 0 Å². The average molecular weight is 1190 g/mol. The van der Waals surface area contributed by atoms with Crippen LogP contribution in [0, 0.1) is 121 Å². The van der Waals surface area contributed by atoms with Gasteiger partial charge in [-0.15, -0.1) is 0 Å². The molecule has 0 amide bonds. The molecule has 0 aromatic rings. The zero-order chi connectivity index (χ0) is 65.5. The molecule has 0 aliphatic heterocycles. The van der Waals surface area contributed by atoms with Gasteiger partial charge in [-0.25, -0.2) is 0 Å². The maximum Gasteiger partial charge on any atom is 0.0598 e. The Balaban J connectivity index is 0.000000490. The predicted molar refractivity (Wildman–Crippen MR) is 364 cm³/mol. The van der Waals surface area contributed by atoms with Crippen LogP contribution in [0.4, 0.5) is 0 Å². The molecule has 504 valence electrons. The topological polar surface area (TPSA) is 142 Å². The van der Waals surface area contributed by atoms with Crippen LogP contribution in [0.5, 0.6) is 0 Å². The molecule has 7 nitrogen and oxygen atoms in total. The molecule has 7 aliphatic rings. The van der Waals surface area contributed by atoms with Gasteiger partial charge in [-0.05, 0) is 230 Å². The van der Waals surface area contributed by atoms with Crippen LogP contribution in [0.15, 0.2) is 0 Å². The molecule has 0 bridgehead atoms. The van der Waals surface area contributed by atoms with Crippen LogP contribution in [-0.4, -0.2) is 78.5 Å². The van der Waals surface area contributed by atoms with Gasteiger partial charge in [0, 0.05) is 0 Å². The second-order valence-electron chi connectivity index (χ2n) is 38.0. The Hall–Kier alpha value is -0.280. The molecule has 7 saturated carbocycles. The molecule has 7 N–H and O–H groups in total. The van der Waals surface area contributed by atoms with Gasteiger partial charge < -0.3 is 35.7 Å². The van der Waals surface area contributed by atoms with E-state index in [1.807, 2.05) is 0 Å². The lowest BCUT2D eigenvalue weighted by Crippen LogP contribution is -2.39. The molecular weight excluding hydrogens is 1040 g/mol. The van der Waals surface area contributed by atoms with Gasteiger partial charge >= 0.3 is 0 Å². The van der Waals surface area contributed by atoms with Crippen molar-refractivity contribution in [2.24, 2.45) is 121 Å². The fraction of sp³-hybridized carbons (Fsp3) is 1.00. The maximum atomic E-state index is 9.97. The van der Waals surface area contributed by atoms with E-state index < -0.39 is 0 Å². The van der Waals surface area contributed by atoms with Crippen molar-refractivity contribution in [2.75, 3.05) is 0 Å². The molecule has 21 unspecified atom stereocenters. The van der Waals surface area contributed by atoms with Crippen molar-refractivity contribution in [1.29, 1.82) is 0 Å². The first-order chi connectivity index (χ1) is 37.9. The highest BCUT2D eigenvalue weighted by molar-refractivity contribution is 4.91. The second kappa shape index (κ2) is 35.0. The van der Waals surface area contributed by atoms with Crippen molar-refractivity contribution < 1.29 is 35.7 Å². The number of aliphatic hydroxyl groups is 7. The second-order valence-corrected chi connectivity index (χ2v) is 38.0. The van der Waals surface area contributed by atoms with Crippen molar-refractivity contribution >= 4 is 0 Å². The third kappa shape index (κ3) is 29.8. The number of rotatable bonds is 0. The highest BCUT2D eigenvalue weighted by atomic mass is 16.3. The Bertz CT molecular complexity index is 1620. The Labute approximate surface area is 525 Å². The Morgan fingerprint density at radius 3 is 1.10 bits per heavy atom. The average Bonchev–Trinajstić information content (AvgIpc) is 3.53. The lowest BCUT2D eigenvalue weighted by atomic mass is 9.66. The Morgan fingerprint density at radius 1 is 0.238 bits per heavy atom. The van der Waals surface area contributed by atoms with Gasteiger partial charge in [0.05, 0.1) is 42.7 Å². The zero-order valence-electron chi connectivity index (χ0n) is 61.6. The minimum absolute atomic E-state index is 0.0291. The van der Waals surface area contributed by atoms with Crippen LogP contribution in [0.1, 0.15) is 329 Å². The Kier molecular flexibility index (Phi) is 34.0. The van der Waals surface area contributed by atoms with Crippen LogP contribution in [0.25, 0.3) is 0 Å². The summed E-state index contributed by atoms with van der Waals surface area (Å²) in [5.41, 5.74) is 2.23. The van der Waals surface area contributed by atoms with E-state index in [1.165, 1.54) is 77.0 Å². The lowest BCUT2D eigenvalue weighted by Gasteiger charge is -2.42. The van der Waals surface area contributed by atoms with E-state index in [4.69, 9.17) is 0 Å². The molecule has 84 heavy (non-hydrogen) atoms. The van der Waals surface area contributed by atoms with Gasteiger partial charge in [0.2, 0.25) is 0 Å². The third-order valence-corrected chi connectivity index (χ3v) is 22.5. The quantitative estimate of drug-likeness (QED) is 0.128. The highest BCUT2D eigenvalue weighted by Crippen LogP contribution is 2.46. The standard InChI is InChI=1S/7C11H22O/c1-8-5-9(11(2,3)4)7-10(12)6-8;1-8-7-9(12)5-6-10(8)11(2,3)4;1-8-5-6-9(12)7-10(8)11(2,3)4;1-8-5-6-10(12)9(7-8)11(2,3)4;1-8-5-6-9(10(12)7-8)11(2,3)4;1-8-6-5-7-9(12)10(8)11(2,3)4;1-8-6-5-7-9(10(8)12)11(2,3)4/h7*8-10,12H,5-7H2,1-4H3. The van der Waals surface area contributed by atoms with Gasteiger partial charge in [-0.3, -0.25) is 0 Å². The molecule has 7 heteroatoms. The predicted octanol–water partition coefficient (Wildman–Crippen LogP) is 19.8. The van der Waals surface area contributed by atoms with Crippen molar-refractivity contribution in [3.05, 3.63) is 0 Å². The molecule has 7 rings (SSSR count). The lowest BCUT2D eigenvalue weighted by molar-refractivity contribution is -0.0243. The van der Waals surface area contributed by atoms with Crippen molar-refractivity contribution in [1.82, 2.24) is 0 Å². The zero-order valence-corrected chi connectivity index (χ0v) is 61.6. The summed E-state index contributed by atoms with van der Waals surface area (Å²) in [5.74, 6) is 9.09.